The summed E-state index contributed by atoms with van der Waals surface area (Å²) in [5.74, 6) is 0.631. The lowest BCUT2D eigenvalue weighted by Crippen LogP contribution is -3.61. The van der Waals surface area contributed by atoms with Crippen molar-refractivity contribution in [2.45, 2.75) is 0 Å². The maximum absolute atomic E-state index is 12.5. The van der Waals surface area contributed by atoms with Crippen molar-refractivity contribution < 1.29 is 59.6 Å². The Morgan fingerprint density at radius 1 is 0.969 bits per heavy atom. The van der Waals surface area contributed by atoms with E-state index in [1.54, 1.807) is 7.11 Å². The van der Waals surface area contributed by atoms with Gasteiger partial charge in [-0.2, -0.15) is 0 Å². The van der Waals surface area contributed by atoms with Crippen LogP contribution in [0, 0.1) is 17.4 Å². The van der Waals surface area contributed by atoms with E-state index in [0.717, 1.165) is 16.0 Å². The molecule has 3 aromatic carbocycles. The molecule has 0 aliphatic rings. The normalized spacial score (nSPS) is 10.9. The second-order valence-electron chi connectivity index (χ2n) is 6.08. The molecule has 0 fully saturated rings. The molecule has 0 aliphatic carbocycles. The van der Waals surface area contributed by atoms with Gasteiger partial charge < -0.3 is 4.74 Å². The molecule has 0 bridgehead atoms. The number of halogens is 2. The van der Waals surface area contributed by atoms with E-state index in [0.29, 0.717) is 10.7 Å². The number of ether oxygens (including phenoxy) is 1. The topological polar surface area (TPSA) is 143 Å². The standard InChI is InChI=1S/C21H15IN2O2S.ClHO4/c1-26-17-11-12-18-19(13-17)27-21(23-18)24-20(25)14-7-9-16(10-8-14)22-15-5-3-2-4-6-15;2-1(3,4)5/h2-13H,1H3;(H,2,3,4,5). The zero-order valence-electron chi connectivity index (χ0n) is 16.5. The lowest BCUT2D eigenvalue weighted by Gasteiger charge is -2.17. The average molecular weight is 587 g/mol. The van der Waals surface area contributed by atoms with Crippen LogP contribution in [0.1, 0.15) is 10.4 Å². The minimum absolute atomic E-state index is 0.148. The number of thiazole rings is 1. The third kappa shape index (κ3) is 7.67. The first-order valence-corrected chi connectivity index (χ1v) is 13.1. The van der Waals surface area contributed by atoms with Crippen LogP contribution in [0.5, 0.6) is 5.75 Å². The molecule has 11 heteroatoms. The summed E-state index contributed by atoms with van der Waals surface area (Å²) in [6, 6.07) is 24.0. The molecule has 0 unspecified atom stereocenters. The number of nitrogens with zero attached hydrogens (tertiary/aromatic N) is 1. The van der Waals surface area contributed by atoms with E-state index in [9.17, 15) is 4.79 Å². The molecule has 166 valence electrons. The van der Waals surface area contributed by atoms with Gasteiger partial charge in [-0.25, -0.2) is 23.6 Å². The number of amides is 1. The Bertz CT molecular complexity index is 1180. The van der Waals surface area contributed by atoms with Crippen molar-refractivity contribution >= 4 is 32.6 Å². The maximum Gasteiger partial charge on any atom is 0.357 e. The van der Waals surface area contributed by atoms with Crippen molar-refractivity contribution in [3.05, 3.63) is 85.5 Å². The number of methoxy groups -OCH3 is 1. The van der Waals surface area contributed by atoms with Crippen LogP contribution < -0.4 is 49.9 Å². The molecule has 4 aromatic rings. The summed E-state index contributed by atoms with van der Waals surface area (Å²) >= 11 is 1.21. The van der Waals surface area contributed by atoms with Crippen molar-refractivity contribution in [1.29, 1.82) is 0 Å². The van der Waals surface area contributed by atoms with Gasteiger partial charge in [-0.15, -0.1) is 10.2 Å². The molecule has 0 radical (unpaired) electrons. The van der Waals surface area contributed by atoms with Gasteiger partial charge in [0, 0.05) is 5.56 Å². The van der Waals surface area contributed by atoms with E-state index in [1.165, 1.54) is 18.5 Å². The maximum atomic E-state index is 12.5. The highest BCUT2D eigenvalue weighted by molar-refractivity contribution is 7.22. The number of hydrogen-bond acceptors (Lipinski definition) is 8. The minimum atomic E-state index is -4.94. The van der Waals surface area contributed by atoms with Gasteiger partial charge in [0.15, 0.2) is 12.3 Å². The number of anilines is 1. The van der Waals surface area contributed by atoms with Crippen molar-refractivity contribution in [2.75, 3.05) is 12.4 Å². The quantitative estimate of drug-likeness (QED) is 0.245. The van der Waals surface area contributed by atoms with Crippen LogP contribution in [0.2, 0.25) is 0 Å². The van der Waals surface area contributed by atoms with Crippen molar-refractivity contribution in [3.8, 4) is 5.75 Å². The summed E-state index contributed by atoms with van der Waals surface area (Å²) in [4.78, 5) is 17.0. The second-order valence-corrected chi connectivity index (χ2v) is 10.9. The molecule has 0 spiro atoms. The molecule has 1 amide bonds. The van der Waals surface area contributed by atoms with Gasteiger partial charge in [0.1, 0.15) is 5.75 Å². The van der Waals surface area contributed by atoms with Crippen LogP contribution in [0.15, 0.2) is 72.8 Å². The molecule has 0 aliphatic heterocycles. The Balaban J connectivity index is 0.000000523. The second kappa shape index (κ2) is 11.0. The molecule has 1 heterocycles. The first kappa shape index (κ1) is 24.3. The van der Waals surface area contributed by atoms with Gasteiger partial charge >= 0.3 is 21.2 Å². The van der Waals surface area contributed by atoms with Crippen LogP contribution in [-0.4, -0.2) is 18.0 Å². The Kier molecular flexibility index (Phi) is 8.37. The van der Waals surface area contributed by atoms with Gasteiger partial charge in [-0.1, -0.05) is 29.5 Å². The van der Waals surface area contributed by atoms with Gasteiger partial charge in [-0.05, 0) is 54.6 Å². The van der Waals surface area contributed by atoms with E-state index < -0.39 is 10.2 Å². The predicted octanol–water partition coefficient (Wildman–Crippen LogP) is -3.07. The predicted molar refractivity (Wildman–Crippen MR) is 104 cm³/mol. The Morgan fingerprint density at radius 3 is 2.22 bits per heavy atom. The number of benzene rings is 3. The molecule has 8 nitrogen and oxygen atoms in total. The van der Waals surface area contributed by atoms with Gasteiger partial charge in [0.05, 0.1) is 17.3 Å². The monoisotopic (exact) mass is 586 g/mol. The number of carbonyl (C=O) groups excluding carboxylic acids is 1. The molecule has 0 saturated heterocycles. The van der Waals surface area contributed by atoms with Crippen LogP contribution in [0.25, 0.3) is 10.2 Å². The smallest absolute Gasteiger partial charge is 0.357 e. The minimum Gasteiger partial charge on any atom is -0.497 e. The third-order valence-corrected chi connectivity index (χ3v) is 7.49. The van der Waals surface area contributed by atoms with Crippen LogP contribution in [-0.2, 0) is 0 Å². The summed E-state index contributed by atoms with van der Waals surface area (Å²) < 4.78 is 42.8. The number of nitrogens with one attached hydrogen (secondary N) is 1. The molecule has 1 N–H and O–H groups in total. The highest BCUT2D eigenvalue weighted by Crippen LogP contribution is 2.29. The van der Waals surface area contributed by atoms with E-state index in [1.807, 2.05) is 48.5 Å². The summed E-state index contributed by atoms with van der Waals surface area (Å²) in [6.45, 7) is 0. The Morgan fingerprint density at radius 2 is 1.59 bits per heavy atom. The summed E-state index contributed by atoms with van der Waals surface area (Å²) in [5, 5.41) is 3.48. The molecule has 4 rings (SSSR count). The summed E-state index contributed by atoms with van der Waals surface area (Å²) in [7, 11) is -3.31. The third-order valence-electron chi connectivity index (χ3n) is 3.87. The highest BCUT2D eigenvalue weighted by atomic mass is 127. The zero-order valence-corrected chi connectivity index (χ0v) is 20.2. The van der Waals surface area contributed by atoms with E-state index >= 15 is 0 Å². The fourth-order valence-electron chi connectivity index (χ4n) is 2.52. The fraction of sp³-hybridized carbons (Fsp3) is 0.0476. The molecule has 32 heavy (non-hydrogen) atoms. The van der Waals surface area contributed by atoms with Gasteiger partial charge in [0.25, 0.3) is 5.91 Å². The largest absolute Gasteiger partial charge is 0.497 e. The van der Waals surface area contributed by atoms with E-state index in [-0.39, 0.29) is 27.1 Å². The summed E-state index contributed by atoms with van der Waals surface area (Å²) in [6.07, 6.45) is 0. The number of rotatable bonds is 5. The van der Waals surface area contributed by atoms with Gasteiger partial charge in [-0.3, -0.25) is 10.1 Å². The van der Waals surface area contributed by atoms with Crippen LogP contribution in [0.3, 0.4) is 0 Å². The average Bonchev–Trinajstić information content (AvgIpc) is 3.15. The van der Waals surface area contributed by atoms with Crippen LogP contribution in [0.4, 0.5) is 5.13 Å². The van der Waals surface area contributed by atoms with E-state index in [2.05, 4.69) is 34.6 Å². The first-order chi connectivity index (χ1) is 15.2. The number of hydrogen-bond donors (Lipinski definition) is 1. The zero-order chi connectivity index (χ0) is 23.1. The summed E-state index contributed by atoms with van der Waals surface area (Å²) in [5.41, 5.74) is 1.48. The van der Waals surface area contributed by atoms with Crippen molar-refractivity contribution in [2.24, 2.45) is 0 Å². The molecule has 0 saturated carbocycles. The highest BCUT2D eigenvalue weighted by Gasteiger charge is 2.16. The molecular weight excluding hydrogens is 571 g/mol. The van der Waals surface area contributed by atoms with Crippen molar-refractivity contribution in [1.82, 2.24) is 4.98 Å². The lowest BCUT2D eigenvalue weighted by atomic mass is 10.2. The Hall–Kier alpha value is -2.32. The van der Waals surface area contributed by atoms with Crippen LogP contribution >= 0.6 is 11.3 Å². The SMILES string of the molecule is COc1ccc2nc(NC(=O)c3ccc([I+]c4ccccc4)cc3)sc2c1.[O-][Cl+3]([O-])([O-])[O-]. The number of aromatic nitrogens is 1. The molecular formula is C21H16ClIN2O6S. The van der Waals surface area contributed by atoms with Crippen molar-refractivity contribution in [3.63, 3.8) is 0 Å². The number of carbonyl (C=O) groups is 1. The van der Waals surface area contributed by atoms with Gasteiger partial charge in [0.2, 0.25) is 0 Å². The molecule has 1 aromatic heterocycles. The fourth-order valence-corrected chi connectivity index (χ4v) is 5.63. The molecule has 0 atom stereocenters. The Labute approximate surface area is 200 Å². The number of fused-ring (bicyclic) bond motifs is 1. The lowest BCUT2D eigenvalue weighted by molar-refractivity contribution is -2.00. The first-order valence-electron chi connectivity index (χ1n) is 8.89. The van der Waals surface area contributed by atoms with E-state index in [4.69, 9.17) is 23.4 Å².